The largest absolute Gasteiger partial charge is 0.358 e. The van der Waals surface area contributed by atoms with Crippen LogP contribution in [0, 0.1) is 0 Å². The van der Waals surface area contributed by atoms with Gasteiger partial charge in [0.1, 0.15) is 17.9 Å². The molecule has 0 aromatic carbocycles. The summed E-state index contributed by atoms with van der Waals surface area (Å²) in [6.07, 6.45) is 2.29. The Kier molecular flexibility index (Phi) is 4.19. The van der Waals surface area contributed by atoms with E-state index in [9.17, 15) is 4.79 Å². The van der Waals surface area contributed by atoms with E-state index in [2.05, 4.69) is 31.2 Å². The fourth-order valence-corrected chi connectivity index (χ4v) is 2.19. The third-order valence-electron chi connectivity index (χ3n) is 2.53. The molecule has 0 saturated heterocycles. The van der Waals surface area contributed by atoms with Gasteiger partial charge in [-0.2, -0.15) is 0 Å². The first-order chi connectivity index (χ1) is 8.65. The van der Waals surface area contributed by atoms with E-state index in [0.717, 1.165) is 15.8 Å². The highest BCUT2D eigenvalue weighted by Gasteiger charge is 2.14. The van der Waals surface area contributed by atoms with Gasteiger partial charge in [0, 0.05) is 30.0 Å². The summed E-state index contributed by atoms with van der Waals surface area (Å²) in [5.41, 5.74) is 1.45. The smallest absolute Gasteiger partial charge is 0.239 e. The molecule has 0 fully saturated rings. The topological polar surface area (TPSA) is 59.8 Å². The van der Waals surface area contributed by atoms with Gasteiger partial charge in [-0.25, -0.2) is 9.97 Å². The molecule has 18 heavy (non-hydrogen) atoms. The number of fused-ring (bicyclic) bond motifs is 1. The number of amides is 1. The number of imidazole rings is 1. The second-order valence-electron chi connectivity index (χ2n) is 3.72. The van der Waals surface area contributed by atoms with Crippen molar-refractivity contribution in [2.24, 2.45) is 0 Å². The van der Waals surface area contributed by atoms with Crippen molar-refractivity contribution in [1.29, 1.82) is 0 Å². The molecule has 0 atom stereocenters. The Bertz CT molecular complexity index is 584. The quantitative estimate of drug-likeness (QED) is 0.868. The van der Waals surface area contributed by atoms with Crippen LogP contribution in [0.4, 0.5) is 0 Å². The van der Waals surface area contributed by atoms with Crippen molar-refractivity contribution in [3.05, 3.63) is 22.6 Å². The van der Waals surface area contributed by atoms with Crippen LogP contribution in [0.1, 0.15) is 5.82 Å². The van der Waals surface area contributed by atoms with Crippen LogP contribution in [0.15, 0.2) is 16.7 Å². The van der Waals surface area contributed by atoms with Gasteiger partial charge in [0.05, 0.1) is 0 Å². The third kappa shape index (κ3) is 2.64. The number of pyridine rings is 1. The van der Waals surface area contributed by atoms with Crippen molar-refractivity contribution in [2.45, 2.75) is 13.0 Å². The molecule has 2 heterocycles. The van der Waals surface area contributed by atoms with E-state index < -0.39 is 0 Å². The molecule has 2 aromatic rings. The van der Waals surface area contributed by atoms with Crippen LogP contribution < -0.4 is 5.32 Å². The van der Waals surface area contributed by atoms with Gasteiger partial charge in [0.25, 0.3) is 0 Å². The average molecular weight is 332 g/mol. The molecule has 0 aliphatic heterocycles. The van der Waals surface area contributed by atoms with E-state index in [1.165, 1.54) is 0 Å². The number of aromatic nitrogens is 3. The number of rotatable bonds is 4. The van der Waals surface area contributed by atoms with Crippen LogP contribution in [-0.4, -0.2) is 33.4 Å². The average Bonchev–Trinajstić information content (AvgIpc) is 2.67. The van der Waals surface area contributed by atoms with Crippen molar-refractivity contribution < 1.29 is 4.79 Å². The van der Waals surface area contributed by atoms with Crippen molar-refractivity contribution in [2.75, 3.05) is 12.9 Å². The van der Waals surface area contributed by atoms with Crippen LogP contribution in [0.25, 0.3) is 11.2 Å². The minimum absolute atomic E-state index is 0.0881. The molecule has 5 nitrogen and oxygen atoms in total. The number of carbonyl (C=O) groups excluding carboxylic acids is 1. The Morgan fingerprint density at radius 1 is 1.61 bits per heavy atom. The normalized spacial score (nSPS) is 10.8. The molecular formula is C11H12BrClN4O. The fourth-order valence-electron chi connectivity index (χ4n) is 1.70. The van der Waals surface area contributed by atoms with E-state index in [0.29, 0.717) is 17.9 Å². The van der Waals surface area contributed by atoms with Crippen molar-refractivity contribution in [3.8, 4) is 0 Å². The summed E-state index contributed by atoms with van der Waals surface area (Å²) in [5.74, 6) is 1.14. The molecule has 0 spiro atoms. The molecule has 0 unspecified atom stereocenters. The van der Waals surface area contributed by atoms with Crippen molar-refractivity contribution in [3.63, 3.8) is 0 Å². The highest BCUT2D eigenvalue weighted by atomic mass is 79.9. The second kappa shape index (κ2) is 5.67. The van der Waals surface area contributed by atoms with Gasteiger partial charge in [-0.3, -0.25) is 4.79 Å². The Hall–Kier alpha value is -1.14. The molecule has 0 bridgehead atoms. The standard InChI is InChI=1S/C11H12BrClN4O/c1-14-10(18)6-17-9(2-3-13)16-8-4-7(12)5-15-11(8)17/h4-5H,2-3,6H2,1H3,(H,14,18). The lowest BCUT2D eigenvalue weighted by molar-refractivity contribution is -0.121. The summed E-state index contributed by atoms with van der Waals surface area (Å²) in [5, 5.41) is 2.59. The first-order valence-electron chi connectivity index (χ1n) is 5.43. The Morgan fingerprint density at radius 3 is 3.06 bits per heavy atom. The van der Waals surface area contributed by atoms with Crippen molar-refractivity contribution in [1.82, 2.24) is 19.9 Å². The number of likely N-dealkylation sites (N-methyl/N-ethyl adjacent to an activating group) is 1. The first kappa shape index (κ1) is 13.3. The third-order valence-corrected chi connectivity index (χ3v) is 3.15. The van der Waals surface area contributed by atoms with Gasteiger partial charge in [0.2, 0.25) is 5.91 Å². The molecule has 2 rings (SSSR count). The number of nitrogens with one attached hydrogen (secondary N) is 1. The van der Waals surface area contributed by atoms with Gasteiger partial charge >= 0.3 is 0 Å². The SMILES string of the molecule is CNC(=O)Cn1c(CCCl)nc2cc(Br)cnc21. The van der Waals surface area contributed by atoms with Gasteiger partial charge in [-0.15, -0.1) is 11.6 Å². The number of alkyl halides is 1. The minimum Gasteiger partial charge on any atom is -0.358 e. The van der Waals surface area contributed by atoms with Gasteiger partial charge in [-0.05, 0) is 22.0 Å². The van der Waals surface area contributed by atoms with Crippen LogP contribution in [0.5, 0.6) is 0 Å². The van der Waals surface area contributed by atoms with Crippen LogP contribution in [0.3, 0.4) is 0 Å². The summed E-state index contributed by atoms with van der Waals surface area (Å²) in [6, 6.07) is 1.88. The van der Waals surface area contributed by atoms with Crippen LogP contribution in [0.2, 0.25) is 0 Å². The predicted molar refractivity (Wildman–Crippen MR) is 73.7 cm³/mol. The van der Waals surface area contributed by atoms with E-state index in [1.54, 1.807) is 17.8 Å². The summed E-state index contributed by atoms with van der Waals surface area (Å²) < 4.78 is 2.65. The molecule has 0 aliphatic rings. The first-order valence-corrected chi connectivity index (χ1v) is 6.75. The highest BCUT2D eigenvalue weighted by molar-refractivity contribution is 9.10. The Labute approximate surface area is 118 Å². The summed E-state index contributed by atoms with van der Waals surface area (Å²) in [4.78, 5) is 20.3. The number of hydrogen-bond donors (Lipinski definition) is 1. The lowest BCUT2D eigenvalue weighted by atomic mass is 10.4. The molecule has 1 amide bonds. The van der Waals surface area contributed by atoms with Gasteiger partial charge in [-0.1, -0.05) is 0 Å². The lowest BCUT2D eigenvalue weighted by Gasteiger charge is -2.06. The maximum Gasteiger partial charge on any atom is 0.239 e. The molecule has 96 valence electrons. The second-order valence-corrected chi connectivity index (χ2v) is 5.02. The van der Waals surface area contributed by atoms with E-state index in [-0.39, 0.29) is 12.5 Å². The summed E-state index contributed by atoms with van der Waals surface area (Å²) in [6.45, 7) is 0.202. The minimum atomic E-state index is -0.0881. The number of hydrogen-bond acceptors (Lipinski definition) is 3. The zero-order chi connectivity index (χ0) is 13.1. The van der Waals surface area contributed by atoms with Gasteiger partial charge < -0.3 is 9.88 Å². The molecule has 0 radical (unpaired) electrons. The lowest BCUT2D eigenvalue weighted by Crippen LogP contribution is -2.24. The molecule has 2 aromatic heterocycles. The Balaban J connectivity index is 2.51. The van der Waals surface area contributed by atoms with Crippen LogP contribution in [-0.2, 0) is 17.8 Å². The Morgan fingerprint density at radius 2 is 2.39 bits per heavy atom. The molecule has 0 aliphatic carbocycles. The number of carbonyl (C=O) groups is 1. The predicted octanol–water partition coefficient (Wildman–Crippen LogP) is 1.72. The highest BCUT2D eigenvalue weighted by Crippen LogP contribution is 2.19. The zero-order valence-corrected chi connectivity index (χ0v) is 12.1. The van der Waals surface area contributed by atoms with Crippen molar-refractivity contribution >= 4 is 44.6 Å². The molecule has 0 saturated carbocycles. The monoisotopic (exact) mass is 330 g/mol. The van der Waals surface area contributed by atoms with Gasteiger partial charge in [0.15, 0.2) is 5.65 Å². The molecule has 7 heteroatoms. The van der Waals surface area contributed by atoms with Crippen LogP contribution >= 0.6 is 27.5 Å². The maximum absolute atomic E-state index is 11.5. The number of halogens is 2. The molecular weight excluding hydrogens is 320 g/mol. The zero-order valence-electron chi connectivity index (χ0n) is 9.78. The van der Waals surface area contributed by atoms with E-state index in [4.69, 9.17) is 11.6 Å². The summed E-state index contributed by atoms with van der Waals surface area (Å²) >= 11 is 9.11. The van der Waals surface area contributed by atoms with E-state index >= 15 is 0 Å². The number of nitrogens with zero attached hydrogens (tertiary/aromatic N) is 3. The molecule has 1 N–H and O–H groups in total. The fraction of sp³-hybridized carbons (Fsp3) is 0.364. The summed E-state index contributed by atoms with van der Waals surface area (Å²) in [7, 11) is 1.60. The maximum atomic E-state index is 11.5. The number of aryl methyl sites for hydroxylation is 1. The van der Waals surface area contributed by atoms with E-state index in [1.807, 2.05) is 6.07 Å².